The van der Waals surface area contributed by atoms with Gasteiger partial charge in [0.25, 0.3) is 0 Å². The predicted octanol–water partition coefficient (Wildman–Crippen LogP) is 1.55. The lowest BCUT2D eigenvalue weighted by molar-refractivity contribution is -0.142. The summed E-state index contributed by atoms with van der Waals surface area (Å²) in [5, 5.41) is 9.06. The standard InChI is InChI=1S/C13H15NO3/c1-13(2,12(16)17)10-6-3-9(4-7-10)5-8-11(14)15/h3-8H,1-2H3,(H2,14,15)(H,16,17)/b8-5+. The number of carboxylic acid groups (broad SMARTS) is 1. The molecule has 0 aromatic heterocycles. The van der Waals surface area contributed by atoms with E-state index in [-0.39, 0.29) is 0 Å². The van der Waals surface area contributed by atoms with Gasteiger partial charge in [-0.1, -0.05) is 24.3 Å². The van der Waals surface area contributed by atoms with Crippen LogP contribution in [0.2, 0.25) is 0 Å². The molecule has 0 radical (unpaired) electrons. The number of carboxylic acids is 1. The summed E-state index contributed by atoms with van der Waals surface area (Å²) >= 11 is 0. The zero-order chi connectivity index (χ0) is 13.1. The van der Waals surface area contributed by atoms with Crippen LogP contribution in [0.1, 0.15) is 25.0 Å². The van der Waals surface area contributed by atoms with Gasteiger partial charge in [0.15, 0.2) is 0 Å². The molecule has 0 aliphatic rings. The van der Waals surface area contributed by atoms with Gasteiger partial charge in [0.05, 0.1) is 5.41 Å². The molecule has 90 valence electrons. The van der Waals surface area contributed by atoms with Crippen LogP contribution in [-0.4, -0.2) is 17.0 Å². The Morgan fingerprint density at radius 2 is 1.76 bits per heavy atom. The summed E-state index contributed by atoms with van der Waals surface area (Å²) < 4.78 is 0. The number of nitrogens with two attached hydrogens (primary N) is 1. The lowest BCUT2D eigenvalue weighted by Gasteiger charge is -2.19. The third kappa shape index (κ3) is 3.17. The maximum absolute atomic E-state index is 11.0. The minimum absolute atomic E-state index is 0.514. The Hall–Kier alpha value is -2.10. The summed E-state index contributed by atoms with van der Waals surface area (Å²) in [7, 11) is 0. The number of carbonyl (C=O) groups is 2. The second-order valence-corrected chi connectivity index (χ2v) is 4.29. The Morgan fingerprint density at radius 3 is 2.18 bits per heavy atom. The van der Waals surface area contributed by atoms with Crippen LogP contribution in [0.5, 0.6) is 0 Å². The molecule has 0 aliphatic carbocycles. The molecule has 4 heteroatoms. The molecular formula is C13H15NO3. The van der Waals surface area contributed by atoms with Crippen molar-refractivity contribution in [3.05, 3.63) is 41.5 Å². The molecule has 17 heavy (non-hydrogen) atoms. The molecule has 1 rings (SSSR count). The van der Waals surface area contributed by atoms with Gasteiger partial charge in [-0.2, -0.15) is 0 Å². The maximum Gasteiger partial charge on any atom is 0.313 e. The second kappa shape index (κ2) is 4.82. The molecule has 1 amide bonds. The van der Waals surface area contributed by atoms with E-state index >= 15 is 0 Å². The fourth-order valence-corrected chi connectivity index (χ4v) is 1.31. The van der Waals surface area contributed by atoms with Gasteiger partial charge in [0.2, 0.25) is 5.91 Å². The Kier molecular flexibility index (Phi) is 3.68. The van der Waals surface area contributed by atoms with Crippen molar-refractivity contribution in [2.75, 3.05) is 0 Å². The highest BCUT2D eigenvalue weighted by atomic mass is 16.4. The number of benzene rings is 1. The van der Waals surface area contributed by atoms with Crippen molar-refractivity contribution in [1.82, 2.24) is 0 Å². The van der Waals surface area contributed by atoms with E-state index in [1.165, 1.54) is 6.08 Å². The highest BCUT2D eigenvalue weighted by Gasteiger charge is 2.28. The van der Waals surface area contributed by atoms with Gasteiger partial charge in [-0.25, -0.2) is 0 Å². The molecule has 0 atom stereocenters. The van der Waals surface area contributed by atoms with Crippen LogP contribution < -0.4 is 5.73 Å². The van der Waals surface area contributed by atoms with Gasteiger partial charge in [-0.3, -0.25) is 9.59 Å². The summed E-state index contributed by atoms with van der Waals surface area (Å²) in [6.07, 6.45) is 2.84. The van der Waals surface area contributed by atoms with Gasteiger partial charge >= 0.3 is 5.97 Å². The molecule has 0 saturated carbocycles. The fourth-order valence-electron chi connectivity index (χ4n) is 1.31. The Morgan fingerprint density at radius 1 is 1.24 bits per heavy atom. The first-order valence-corrected chi connectivity index (χ1v) is 5.15. The first-order chi connectivity index (χ1) is 7.84. The molecule has 3 N–H and O–H groups in total. The number of amides is 1. The molecular weight excluding hydrogens is 218 g/mol. The van der Waals surface area contributed by atoms with Crippen LogP contribution in [0.3, 0.4) is 0 Å². The second-order valence-electron chi connectivity index (χ2n) is 4.29. The maximum atomic E-state index is 11.0. The van der Waals surface area contributed by atoms with Crippen LogP contribution in [0.4, 0.5) is 0 Å². The zero-order valence-electron chi connectivity index (χ0n) is 9.81. The smallest absolute Gasteiger partial charge is 0.313 e. The first kappa shape index (κ1) is 13.0. The van der Waals surface area contributed by atoms with E-state index in [1.807, 2.05) is 0 Å². The van der Waals surface area contributed by atoms with E-state index in [0.717, 1.165) is 5.56 Å². The van der Waals surface area contributed by atoms with Crippen LogP contribution in [-0.2, 0) is 15.0 Å². The molecule has 0 unspecified atom stereocenters. The van der Waals surface area contributed by atoms with Crippen molar-refractivity contribution in [2.24, 2.45) is 5.73 Å². The quantitative estimate of drug-likeness (QED) is 0.774. The lowest BCUT2D eigenvalue weighted by Crippen LogP contribution is -2.28. The number of aliphatic carboxylic acids is 1. The summed E-state index contributed by atoms with van der Waals surface area (Å²) in [5.41, 5.74) is 5.56. The average molecular weight is 233 g/mol. The number of rotatable bonds is 4. The van der Waals surface area contributed by atoms with Gasteiger partial charge in [-0.15, -0.1) is 0 Å². The van der Waals surface area contributed by atoms with E-state index < -0.39 is 17.3 Å². The number of hydrogen-bond donors (Lipinski definition) is 2. The van der Waals surface area contributed by atoms with Crippen molar-refractivity contribution in [3.63, 3.8) is 0 Å². The van der Waals surface area contributed by atoms with E-state index in [9.17, 15) is 9.59 Å². The molecule has 4 nitrogen and oxygen atoms in total. The topological polar surface area (TPSA) is 80.4 Å². The van der Waals surface area contributed by atoms with Crippen molar-refractivity contribution >= 4 is 18.0 Å². The van der Waals surface area contributed by atoms with Crippen molar-refractivity contribution < 1.29 is 14.7 Å². The fraction of sp³-hybridized carbons (Fsp3) is 0.231. The molecule has 0 heterocycles. The SMILES string of the molecule is CC(C)(C(=O)O)c1ccc(/C=C/C(N)=O)cc1. The predicted molar refractivity (Wildman–Crippen MR) is 65.3 cm³/mol. The zero-order valence-corrected chi connectivity index (χ0v) is 9.81. The number of hydrogen-bond acceptors (Lipinski definition) is 2. The lowest BCUT2D eigenvalue weighted by atomic mass is 9.84. The number of primary amides is 1. The minimum Gasteiger partial charge on any atom is -0.481 e. The van der Waals surface area contributed by atoms with Gasteiger partial charge in [-0.05, 0) is 31.1 Å². The van der Waals surface area contributed by atoms with Gasteiger partial charge in [0, 0.05) is 6.08 Å². The van der Waals surface area contributed by atoms with Crippen LogP contribution in [0, 0.1) is 0 Å². The molecule has 0 saturated heterocycles. The van der Waals surface area contributed by atoms with E-state index in [1.54, 1.807) is 44.2 Å². The van der Waals surface area contributed by atoms with Gasteiger partial charge < -0.3 is 10.8 Å². The Bertz CT molecular complexity index is 458. The summed E-state index contributed by atoms with van der Waals surface area (Å²) in [6.45, 7) is 3.28. The molecule has 1 aromatic carbocycles. The largest absolute Gasteiger partial charge is 0.481 e. The van der Waals surface area contributed by atoms with Crippen molar-refractivity contribution in [2.45, 2.75) is 19.3 Å². The average Bonchev–Trinajstić information content (AvgIpc) is 2.26. The highest BCUT2D eigenvalue weighted by Crippen LogP contribution is 2.23. The first-order valence-electron chi connectivity index (χ1n) is 5.15. The molecule has 0 fully saturated rings. The summed E-state index contributed by atoms with van der Waals surface area (Å²) in [4.78, 5) is 21.6. The van der Waals surface area contributed by atoms with Crippen molar-refractivity contribution in [3.8, 4) is 0 Å². The molecule has 0 bridgehead atoms. The molecule has 0 aliphatic heterocycles. The van der Waals surface area contributed by atoms with Crippen LogP contribution in [0.15, 0.2) is 30.3 Å². The normalized spacial score (nSPS) is 11.6. The number of carbonyl (C=O) groups excluding carboxylic acids is 1. The summed E-state index contributed by atoms with van der Waals surface area (Å²) in [5.74, 6) is -1.39. The van der Waals surface area contributed by atoms with E-state index in [0.29, 0.717) is 5.56 Å². The monoisotopic (exact) mass is 233 g/mol. The Balaban J connectivity index is 2.96. The van der Waals surface area contributed by atoms with Crippen molar-refractivity contribution in [1.29, 1.82) is 0 Å². The molecule has 1 aromatic rings. The highest BCUT2D eigenvalue weighted by molar-refractivity contribution is 5.90. The Labute approximate surface area is 99.8 Å². The third-order valence-corrected chi connectivity index (χ3v) is 2.61. The van der Waals surface area contributed by atoms with Gasteiger partial charge in [0.1, 0.15) is 0 Å². The third-order valence-electron chi connectivity index (χ3n) is 2.61. The molecule has 0 spiro atoms. The van der Waals surface area contributed by atoms with Crippen LogP contribution >= 0.6 is 0 Å². The summed E-state index contributed by atoms with van der Waals surface area (Å²) in [6, 6.07) is 6.96. The van der Waals surface area contributed by atoms with E-state index in [2.05, 4.69) is 0 Å². The van der Waals surface area contributed by atoms with E-state index in [4.69, 9.17) is 10.8 Å². The minimum atomic E-state index is -0.925. The van der Waals surface area contributed by atoms with Crippen LogP contribution in [0.25, 0.3) is 6.08 Å².